The van der Waals surface area contributed by atoms with Gasteiger partial charge in [0.1, 0.15) is 0 Å². The Kier molecular flexibility index (Phi) is 6.58. The molecule has 6 nitrogen and oxygen atoms in total. The lowest BCUT2D eigenvalue weighted by molar-refractivity contribution is -0.116. The van der Waals surface area contributed by atoms with Gasteiger partial charge in [-0.2, -0.15) is 5.10 Å². The first-order valence-electron chi connectivity index (χ1n) is 8.57. The van der Waals surface area contributed by atoms with E-state index in [0.717, 1.165) is 28.0 Å². The number of nitrogens with one attached hydrogen (secondary N) is 2. The first kappa shape index (κ1) is 20.2. The molecule has 26 heavy (non-hydrogen) atoms. The van der Waals surface area contributed by atoms with Crippen LogP contribution in [0.3, 0.4) is 0 Å². The summed E-state index contributed by atoms with van der Waals surface area (Å²) in [7, 11) is 0. The molecule has 2 rings (SSSR count). The smallest absolute Gasteiger partial charge is 0.228 e. The topological polar surface area (TPSA) is 76.0 Å². The number of carbonyl (C=O) groups excluding carboxylic acids is 2. The van der Waals surface area contributed by atoms with Gasteiger partial charge >= 0.3 is 0 Å². The summed E-state index contributed by atoms with van der Waals surface area (Å²) in [5.74, 6) is 0.144. The van der Waals surface area contributed by atoms with E-state index >= 15 is 0 Å². The van der Waals surface area contributed by atoms with Crippen molar-refractivity contribution in [1.82, 2.24) is 9.78 Å². The zero-order chi connectivity index (χ0) is 19.4. The van der Waals surface area contributed by atoms with Crippen molar-refractivity contribution in [3.05, 3.63) is 39.6 Å². The van der Waals surface area contributed by atoms with E-state index in [1.165, 1.54) is 6.92 Å². The average Bonchev–Trinajstić information content (AvgIpc) is 2.76. The number of halogens is 1. The quantitative estimate of drug-likeness (QED) is 0.739. The van der Waals surface area contributed by atoms with Crippen LogP contribution in [0.25, 0.3) is 0 Å². The third kappa shape index (κ3) is 5.17. The Morgan fingerprint density at radius 1 is 1.19 bits per heavy atom. The molecular weight excluding hydrogens is 396 g/mol. The first-order valence-corrected chi connectivity index (χ1v) is 9.36. The molecule has 0 bridgehead atoms. The fraction of sp³-hybridized carbons (Fsp3) is 0.421. The van der Waals surface area contributed by atoms with Crippen molar-refractivity contribution in [2.45, 2.75) is 47.6 Å². The Balaban J connectivity index is 2.18. The number of rotatable bonds is 6. The number of nitrogens with zero attached hydrogens (tertiary/aromatic N) is 2. The molecule has 1 heterocycles. The van der Waals surface area contributed by atoms with E-state index in [2.05, 4.69) is 45.5 Å². The molecule has 2 N–H and O–H groups in total. The monoisotopic (exact) mass is 420 g/mol. The van der Waals surface area contributed by atoms with E-state index in [0.29, 0.717) is 17.3 Å². The van der Waals surface area contributed by atoms with Gasteiger partial charge in [-0.25, -0.2) is 0 Å². The Hall–Kier alpha value is -2.15. The maximum atomic E-state index is 12.6. The average molecular weight is 421 g/mol. The van der Waals surface area contributed by atoms with Gasteiger partial charge in [0.05, 0.1) is 23.5 Å². The van der Waals surface area contributed by atoms with E-state index in [-0.39, 0.29) is 18.2 Å². The summed E-state index contributed by atoms with van der Waals surface area (Å²) in [6.45, 7) is 10.5. The van der Waals surface area contributed by atoms with Crippen LogP contribution in [0, 0.1) is 19.8 Å². The zero-order valence-corrected chi connectivity index (χ0v) is 17.4. The molecule has 0 radical (unpaired) electrons. The minimum absolute atomic E-state index is 0.148. The Morgan fingerprint density at radius 2 is 1.88 bits per heavy atom. The Labute approximate surface area is 162 Å². The van der Waals surface area contributed by atoms with E-state index in [4.69, 9.17) is 0 Å². The number of hydrogen-bond acceptors (Lipinski definition) is 3. The van der Waals surface area contributed by atoms with Crippen molar-refractivity contribution in [3.8, 4) is 0 Å². The molecule has 2 amide bonds. The molecule has 1 aromatic heterocycles. The van der Waals surface area contributed by atoms with Crippen molar-refractivity contribution in [2.75, 3.05) is 10.6 Å². The van der Waals surface area contributed by atoms with Gasteiger partial charge in [0.15, 0.2) is 0 Å². The summed E-state index contributed by atoms with van der Waals surface area (Å²) < 4.78 is 2.78. The molecular formula is C19H25BrN4O2. The second-order valence-electron chi connectivity index (χ2n) is 6.82. The van der Waals surface area contributed by atoms with Crippen LogP contribution in [0.1, 0.15) is 37.7 Å². The highest BCUT2D eigenvalue weighted by Crippen LogP contribution is 2.26. The summed E-state index contributed by atoms with van der Waals surface area (Å²) >= 11 is 3.39. The van der Waals surface area contributed by atoms with Crippen molar-refractivity contribution >= 4 is 39.1 Å². The number of amides is 2. The highest BCUT2D eigenvalue weighted by atomic mass is 79.9. The van der Waals surface area contributed by atoms with Gasteiger partial charge in [-0.3, -0.25) is 14.3 Å². The van der Waals surface area contributed by atoms with Crippen LogP contribution < -0.4 is 10.6 Å². The van der Waals surface area contributed by atoms with Gasteiger partial charge in [-0.05, 0) is 38.0 Å². The van der Waals surface area contributed by atoms with Gasteiger partial charge in [0.2, 0.25) is 11.8 Å². The largest absolute Gasteiger partial charge is 0.325 e. The lowest BCUT2D eigenvalue weighted by Gasteiger charge is -2.12. The van der Waals surface area contributed by atoms with Crippen LogP contribution in [-0.2, 0) is 22.6 Å². The maximum Gasteiger partial charge on any atom is 0.228 e. The maximum absolute atomic E-state index is 12.6. The minimum Gasteiger partial charge on any atom is -0.325 e. The van der Waals surface area contributed by atoms with Crippen LogP contribution in [0.2, 0.25) is 0 Å². The molecule has 0 atom stereocenters. The summed E-state index contributed by atoms with van der Waals surface area (Å²) in [5.41, 5.74) is 3.96. The predicted octanol–water partition coefficient (Wildman–Crippen LogP) is 4.06. The van der Waals surface area contributed by atoms with Gasteiger partial charge in [-0.15, -0.1) is 0 Å². The molecule has 0 aliphatic rings. The number of aromatic nitrogens is 2. The van der Waals surface area contributed by atoms with Gasteiger partial charge < -0.3 is 10.6 Å². The lowest BCUT2D eigenvalue weighted by Crippen LogP contribution is -2.17. The second kappa shape index (κ2) is 8.49. The molecule has 0 saturated heterocycles. The summed E-state index contributed by atoms with van der Waals surface area (Å²) in [4.78, 5) is 24.0. The van der Waals surface area contributed by atoms with Crippen LogP contribution in [-0.4, -0.2) is 21.6 Å². The lowest BCUT2D eigenvalue weighted by atomic mass is 10.1. The van der Waals surface area contributed by atoms with Gasteiger partial charge in [0.25, 0.3) is 0 Å². The third-order valence-electron chi connectivity index (χ3n) is 3.97. The molecule has 0 fully saturated rings. The van der Waals surface area contributed by atoms with Crippen molar-refractivity contribution < 1.29 is 9.59 Å². The molecule has 2 aromatic rings. The van der Waals surface area contributed by atoms with Gasteiger partial charge in [0, 0.05) is 29.2 Å². The number of carbonyl (C=O) groups is 2. The third-order valence-corrected chi connectivity index (χ3v) is 4.47. The molecule has 7 heteroatoms. The molecule has 1 aromatic carbocycles. The van der Waals surface area contributed by atoms with Crippen LogP contribution in [0.15, 0.2) is 22.7 Å². The fourth-order valence-corrected chi connectivity index (χ4v) is 3.15. The minimum atomic E-state index is -0.190. The fourth-order valence-electron chi connectivity index (χ4n) is 2.79. The standard InChI is InChI=1S/C19H25BrN4O2/c1-11(2)10-24-13(4)16(12(3)23-24)9-19(26)22-18-8-15(20)6-7-17(18)21-14(5)25/h6-8,11H,9-10H2,1-5H3,(H,21,25)(H,22,26). The molecule has 0 saturated carbocycles. The van der Waals surface area contributed by atoms with Crippen molar-refractivity contribution in [3.63, 3.8) is 0 Å². The summed E-state index contributed by atoms with van der Waals surface area (Å²) in [6, 6.07) is 5.33. The summed E-state index contributed by atoms with van der Waals surface area (Å²) in [6.07, 6.45) is 0.238. The van der Waals surface area contributed by atoms with E-state index < -0.39 is 0 Å². The number of anilines is 2. The highest BCUT2D eigenvalue weighted by molar-refractivity contribution is 9.10. The Bertz CT molecular complexity index is 827. The normalized spacial score (nSPS) is 10.9. The molecule has 140 valence electrons. The molecule has 0 aliphatic carbocycles. The second-order valence-corrected chi connectivity index (χ2v) is 7.74. The first-order chi connectivity index (χ1) is 12.2. The van der Waals surface area contributed by atoms with Crippen molar-refractivity contribution in [2.24, 2.45) is 5.92 Å². The number of hydrogen-bond donors (Lipinski definition) is 2. The predicted molar refractivity (Wildman–Crippen MR) is 107 cm³/mol. The van der Waals surface area contributed by atoms with Crippen LogP contribution >= 0.6 is 15.9 Å². The van der Waals surface area contributed by atoms with Gasteiger partial charge in [-0.1, -0.05) is 29.8 Å². The van der Waals surface area contributed by atoms with E-state index in [1.807, 2.05) is 24.6 Å². The number of benzene rings is 1. The Morgan fingerprint density at radius 3 is 2.50 bits per heavy atom. The SMILES string of the molecule is CC(=O)Nc1ccc(Br)cc1NC(=O)Cc1c(C)nn(CC(C)C)c1C. The zero-order valence-electron chi connectivity index (χ0n) is 15.8. The van der Waals surface area contributed by atoms with E-state index in [9.17, 15) is 9.59 Å². The molecule has 0 unspecified atom stereocenters. The van der Waals surface area contributed by atoms with E-state index in [1.54, 1.807) is 12.1 Å². The van der Waals surface area contributed by atoms with Crippen LogP contribution in [0.5, 0.6) is 0 Å². The highest BCUT2D eigenvalue weighted by Gasteiger charge is 2.17. The molecule has 0 spiro atoms. The number of aryl methyl sites for hydroxylation is 1. The van der Waals surface area contributed by atoms with Crippen molar-refractivity contribution in [1.29, 1.82) is 0 Å². The van der Waals surface area contributed by atoms with Crippen LogP contribution in [0.4, 0.5) is 11.4 Å². The molecule has 0 aliphatic heterocycles. The summed E-state index contributed by atoms with van der Waals surface area (Å²) in [5, 5.41) is 10.2.